The van der Waals surface area contributed by atoms with Gasteiger partial charge in [-0.2, -0.15) is 5.26 Å². The van der Waals surface area contributed by atoms with Crippen molar-refractivity contribution in [2.75, 3.05) is 11.9 Å². The molecule has 1 aromatic carbocycles. The molecule has 0 saturated carbocycles. The van der Waals surface area contributed by atoms with Gasteiger partial charge in [0.1, 0.15) is 11.8 Å². The van der Waals surface area contributed by atoms with Crippen molar-refractivity contribution in [1.29, 1.82) is 5.26 Å². The topological polar surface area (TPSA) is 40.2 Å². The van der Waals surface area contributed by atoms with Crippen LogP contribution in [-0.4, -0.2) is 7.05 Å². The standard InChI is InChI=1S/C13H11ClN2O/c1-16(9-12-3-2-6-17-12)13-7-11(14)5-4-10(13)8-15/h2-7H,9H2,1H3. The molecule has 3 nitrogen and oxygen atoms in total. The van der Waals surface area contributed by atoms with Crippen molar-refractivity contribution in [2.24, 2.45) is 0 Å². The molecule has 0 saturated heterocycles. The first kappa shape index (κ1) is 11.6. The van der Waals surface area contributed by atoms with Crippen molar-refractivity contribution in [1.82, 2.24) is 0 Å². The minimum Gasteiger partial charge on any atom is -0.467 e. The summed E-state index contributed by atoms with van der Waals surface area (Å²) in [6, 6.07) is 11.1. The Bertz CT molecular complexity index is 543. The van der Waals surface area contributed by atoms with E-state index in [1.165, 1.54) is 0 Å². The van der Waals surface area contributed by atoms with E-state index in [2.05, 4.69) is 6.07 Å². The summed E-state index contributed by atoms with van der Waals surface area (Å²) in [6.07, 6.45) is 1.63. The summed E-state index contributed by atoms with van der Waals surface area (Å²) >= 11 is 5.94. The van der Waals surface area contributed by atoms with Gasteiger partial charge in [-0.15, -0.1) is 0 Å². The predicted molar refractivity (Wildman–Crippen MR) is 67.0 cm³/mol. The molecule has 0 N–H and O–H groups in total. The van der Waals surface area contributed by atoms with E-state index in [0.29, 0.717) is 17.1 Å². The largest absolute Gasteiger partial charge is 0.467 e. The summed E-state index contributed by atoms with van der Waals surface area (Å²) in [7, 11) is 1.90. The summed E-state index contributed by atoms with van der Waals surface area (Å²) < 4.78 is 5.27. The predicted octanol–water partition coefficient (Wildman–Crippen LogP) is 3.44. The molecule has 0 aliphatic rings. The Labute approximate surface area is 105 Å². The molecular weight excluding hydrogens is 236 g/mol. The first-order valence-electron chi connectivity index (χ1n) is 5.14. The van der Waals surface area contributed by atoms with Crippen molar-refractivity contribution < 1.29 is 4.42 Å². The second kappa shape index (κ2) is 4.94. The van der Waals surface area contributed by atoms with E-state index >= 15 is 0 Å². The minimum absolute atomic E-state index is 0.599. The molecule has 0 atom stereocenters. The van der Waals surface area contributed by atoms with Gasteiger partial charge >= 0.3 is 0 Å². The Hall–Kier alpha value is -1.92. The van der Waals surface area contributed by atoms with E-state index in [-0.39, 0.29) is 0 Å². The fourth-order valence-corrected chi connectivity index (χ4v) is 1.80. The Morgan fingerprint density at radius 1 is 1.41 bits per heavy atom. The van der Waals surface area contributed by atoms with Gasteiger partial charge in [-0.1, -0.05) is 11.6 Å². The van der Waals surface area contributed by atoms with E-state index in [9.17, 15) is 0 Å². The molecule has 0 amide bonds. The lowest BCUT2D eigenvalue weighted by Crippen LogP contribution is -2.17. The molecular formula is C13H11ClN2O. The van der Waals surface area contributed by atoms with Crippen LogP contribution in [0, 0.1) is 11.3 Å². The van der Waals surface area contributed by atoms with Crippen LogP contribution in [0.1, 0.15) is 11.3 Å². The van der Waals surface area contributed by atoms with E-state index < -0.39 is 0 Å². The lowest BCUT2D eigenvalue weighted by Gasteiger charge is -2.19. The normalized spacial score (nSPS) is 9.94. The van der Waals surface area contributed by atoms with Crippen molar-refractivity contribution >= 4 is 17.3 Å². The third-order valence-electron chi connectivity index (χ3n) is 2.46. The van der Waals surface area contributed by atoms with E-state index in [4.69, 9.17) is 21.3 Å². The van der Waals surface area contributed by atoms with Gasteiger partial charge in [-0.05, 0) is 30.3 Å². The molecule has 2 rings (SSSR count). The molecule has 0 aliphatic carbocycles. The highest BCUT2D eigenvalue weighted by Crippen LogP contribution is 2.24. The van der Waals surface area contributed by atoms with Gasteiger partial charge < -0.3 is 9.32 Å². The van der Waals surface area contributed by atoms with Crippen LogP contribution in [0.25, 0.3) is 0 Å². The molecule has 0 unspecified atom stereocenters. The van der Waals surface area contributed by atoms with Crippen molar-refractivity contribution in [3.63, 3.8) is 0 Å². The van der Waals surface area contributed by atoms with Gasteiger partial charge in [0, 0.05) is 12.1 Å². The number of furan rings is 1. The van der Waals surface area contributed by atoms with Gasteiger partial charge in [0.2, 0.25) is 0 Å². The number of nitriles is 1. The molecule has 86 valence electrons. The van der Waals surface area contributed by atoms with E-state index in [0.717, 1.165) is 11.4 Å². The lowest BCUT2D eigenvalue weighted by molar-refractivity contribution is 0.507. The van der Waals surface area contributed by atoms with Crippen LogP contribution >= 0.6 is 11.6 Å². The maximum Gasteiger partial charge on any atom is 0.123 e. The Morgan fingerprint density at radius 3 is 2.88 bits per heavy atom. The Morgan fingerprint density at radius 2 is 2.24 bits per heavy atom. The Kier molecular flexibility index (Phi) is 3.36. The average molecular weight is 247 g/mol. The first-order chi connectivity index (χ1) is 8.20. The molecule has 0 fully saturated rings. The van der Waals surface area contributed by atoms with Crippen LogP contribution in [0.2, 0.25) is 5.02 Å². The molecule has 17 heavy (non-hydrogen) atoms. The average Bonchev–Trinajstić information content (AvgIpc) is 2.81. The lowest BCUT2D eigenvalue weighted by atomic mass is 10.2. The van der Waals surface area contributed by atoms with Crippen LogP contribution in [0.5, 0.6) is 0 Å². The molecule has 0 aliphatic heterocycles. The van der Waals surface area contributed by atoms with E-state index in [1.54, 1.807) is 24.5 Å². The number of rotatable bonds is 3. The number of hydrogen-bond acceptors (Lipinski definition) is 3. The molecule has 1 aromatic heterocycles. The van der Waals surface area contributed by atoms with E-state index in [1.807, 2.05) is 24.1 Å². The van der Waals surface area contributed by atoms with Gasteiger partial charge in [0.05, 0.1) is 24.1 Å². The highest BCUT2D eigenvalue weighted by atomic mass is 35.5. The van der Waals surface area contributed by atoms with Crippen LogP contribution in [0.3, 0.4) is 0 Å². The highest BCUT2D eigenvalue weighted by Gasteiger charge is 2.09. The third kappa shape index (κ3) is 2.61. The number of nitrogens with zero attached hydrogens (tertiary/aromatic N) is 2. The van der Waals surface area contributed by atoms with Crippen LogP contribution in [0.4, 0.5) is 5.69 Å². The molecule has 4 heteroatoms. The Balaban J connectivity index is 2.27. The summed E-state index contributed by atoms with van der Waals surface area (Å²) in [5.41, 5.74) is 1.40. The van der Waals surface area contributed by atoms with Gasteiger partial charge in [0.15, 0.2) is 0 Å². The second-order valence-electron chi connectivity index (χ2n) is 3.71. The zero-order valence-electron chi connectivity index (χ0n) is 9.35. The van der Waals surface area contributed by atoms with Gasteiger partial charge in [-0.3, -0.25) is 0 Å². The smallest absolute Gasteiger partial charge is 0.123 e. The monoisotopic (exact) mass is 246 g/mol. The summed E-state index contributed by atoms with van der Waals surface area (Å²) in [5, 5.41) is 9.66. The minimum atomic E-state index is 0.599. The maximum absolute atomic E-state index is 9.04. The van der Waals surface area contributed by atoms with Gasteiger partial charge in [0.25, 0.3) is 0 Å². The van der Waals surface area contributed by atoms with Crippen LogP contribution in [0.15, 0.2) is 41.0 Å². The zero-order chi connectivity index (χ0) is 12.3. The quantitative estimate of drug-likeness (QED) is 0.833. The van der Waals surface area contributed by atoms with Crippen molar-refractivity contribution in [3.8, 4) is 6.07 Å². The number of benzene rings is 1. The molecule has 0 radical (unpaired) electrons. The third-order valence-corrected chi connectivity index (χ3v) is 2.70. The number of halogens is 1. The van der Waals surface area contributed by atoms with Crippen molar-refractivity contribution in [2.45, 2.75) is 6.54 Å². The SMILES string of the molecule is CN(Cc1ccco1)c1cc(Cl)ccc1C#N. The van der Waals surface area contributed by atoms with Crippen molar-refractivity contribution in [3.05, 3.63) is 52.9 Å². The molecule has 0 spiro atoms. The molecule has 0 bridgehead atoms. The highest BCUT2D eigenvalue weighted by molar-refractivity contribution is 6.30. The van der Waals surface area contributed by atoms with Gasteiger partial charge in [-0.25, -0.2) is 0 Å². The fraction of sp³-hybridized carbons (Fsp3) is 0.154. The first-order valence-corrected chi connectivity index (χ1v) is 5.51. The summed E-state index contributed by atoms with van der Waals surface area (Å²) in [5.74, 6) is 0.844. The van der Waals surface area contributed by atoms with Crippen LogP contribution < -0.4 is 4.90 Å². The molecule has 2 aromatic rings. The zero-order valence-corrected chi connectivity index (χ0v) is 10.1. The van der Waals surface area contributed by atoms with Crippen LogP contribution in [-0.2, 0) is 6.54 Å². The fourth-order valence-electron chi connectivity index (χ4n) is 1.64. The maximum atomic E-state index is 9.04. The molecule has 1 heterocycles. The number of hydrogen-bond donors (Lipinski definition) is 0. The summed E-state index contributed by atoms with van der Waals surface area (Å²) in [4.78, 5) is 1.93. The second-order valence-corrected chi connectivity index (χ2v) is 4.15. The number of anilines is 1. The summed E-state index contributed by atoms with van der Waals surface area (Å²) in [6.45, 7) is 0.599.